The van der Waals surface area contributed by atoms with Crippen LogP contribution in [0.4, 0.5) is 0 Å². The van der Waals surface area contributed by atoms with Crippen molar-refractivity contribution in [2.75, 3.05) is 20.1 Å². The van der Waals surface area contributed by atoms with E-state index < -0.39 is 0 Å². The van der Waals surface area contributed by atoms with E-state index in [2.05, 4.69) is 10.3 Å². The first-order chi connectivity index (χ1) is 11.2. The van der Waals surface area contributed by atoms with Crippen LogP contribution in [0.25, 0.3) is 11.1 Å². The molecular formula is C18H20ClN3O. The average molecular weight is 330 g/mol. The Balaban J connectivity index is 1.81. The Morgan fingerprint density at radius 2 is 2.04 bits per heavy atom. The lowest BCUT2D eigenvalue weighted by Crippen LogP contribution is -2.47. The first-order valence-electron chi connectivity index (χ1n) is 7.85. The van der Waals surface area contributed by atoms with Crippen LogP contribution in [0.15, 0.2) is 42.7 Å². The van der Waals surface area contributed by atoms with Crippen molar-refractivity contribution in [1.82, 2.24) is 15.2 Å². The van der Waals surface area contributed by atoms with Crippen LogP contribution in [0.5, 0.6) is 0 Å². The maximum Gasteiger partial charge on any atom is 0.255 e. The molecule has 23 heavy (non-hydrogen) atoms. The van der Waals surface area contributed by atoms with Gasteiger partial charge >= 0.3 is 0 Å². The lowest BCUT2D eigenvalue weighted by atomic mass is 10.0. The van der Waals surface area contributed by atoms with Gasteiger partial charge in [-0.05, 0) is 43.7 Å². The van der Waals surface area contributed by atoms with Gasteiger partial charge < -0.3 is 10.2 Å². The van der Waals surface area contributed by atoms with Crippen LogP contribution in [-0.4, -0.2) is 42.0 Å². The molecule has 4 nitrogen and oxygen atoms in total. The Morgan fingerprint density at radius 3 is 2.78 bits per heavy atom. The second-order valence-corrected chi connectivity index (χ2v) is 6.28. The van der Waals surface area contributed by atoms with Gasteiger partial charge in [-0.2, -0.15) is 0 Å². The summed E-state index contributed by atoms with van der Waals surface area (Å²) < 4.78 is 0. The molecule has 2 aromatic rings. The van der Waals surface area contributed by atoms with Gasteiger partial charge in [0, 0.05) is 42.1 Å². The number of pyridine rings is 1. The number of carbonyl (C=O) groups is 1. The minimum Gasteiger partial charge on any atom is -0.337 e. The molecule has 0 bridgehead atoms. The Bertz CT molecular complexity index is 687. The van der Waals surface area contributed by atoms with Gasteiger partial charge in [0.15, 0.2) is 0 Å². The molecule has 1 aromatic carbocycles. The average Bonchev–Trinajstić information content (AvgIpc) is 2.62. The molecule has 1 amide bonds. The molecule has 2 heterocycles. The lowest BCUT2D eigenvalue weighted by molar-refractivity contribution is 0.0698. The minimum atomic E-state index is 0.0493. The van der Waals surface area contributed by atoms with Crippen LogP contribution < -0.4 is 5.32 Å². The summed E-state index contributed by atoms with van der Waals surface area (Å²) in [5.74, 6) is 0.0493. The molecule has 1 aliphatic rings. The third-order valence-corrected chi connectivity index (χ3v) is 4.53. The Hall–Kier alpha value is -1.91. The van der Waals surface area contributed by atoms with Gasteiger partial charge in [-0.1, -0.05) is 23.7 Å². The van der Waals surface area contributed by atoms with Gasteiger partial charge in [0.1, 0.15) is 0 Å². The van der Waals surface area contributed by atoms with Gasteiger partial charge in [0.25, 0.3) is 5.91 Å². The third-order valence-electron chi connectivity index (χ3n) is 4.28. The number of rotatable bonds is 3. The number of nitrogens with zero attached hydrogens (tertiary/aromatic N) is 2. The SMILES string of the molecule is CNC1CCCN(C(=O)c2cncc(-c3ccc(Cl)cc3)c2)C1. The molecule has 5 heteroatoms. The maximum atomic E-state index is 12.7. The topological polar surface area (TPSA) is 45.2 Å². The van der Waals surface area contributed by atoms with E-state index in [0.717, 1.165) is 37.1 Å². The van der Waals surface area contributed by atoms with Gasteiger partial charge in [0.05, 0.1) is 5.56 Å². The fourth-order valence-corrected chi connectivity index (χ4v) is 3.06. The molecule has 3 rings (SSSR count). The minimum absolute atomic E-state index is 0.0493. The highest BCUT2D eigenvalue weighted by Crippen LogP contribution is 2.22. The second-order valence-electron chi connectivity index (χ2n) is 5.85. The molecule has 0 radical (unpaired) electrons. The summed E-state index contributed by atoms with van der Waals surface area (Å²) in [4.78, 5) is 18.9. The number of halogens is 1. The number of carbonyl (C=O) groups excluding carboxylic acids is 1. The van der Waals surface area contributed by atoms with Crippen molar-refractivity contribution in [3.63, 3.8) is 0 Å². The molecule has 1 aliphatic heterocycles. The fourth-order valence-electron chi connectivity index (χ4n) is 2.94. The molecule has 0 spiro atoms. The molecule has 1 aromatic heterocycles. The number of piperidine rings is 1. The van der Waals surface area contributed by atoms with Crippen molar-refractivity contribution in [2.24, 2.45) is 0 Å². The molecule has 1 N–H and O–H groups in total. The van der Waals surface area contributed by atoms with E-state index in [1.165, 1.54) is 0 Å². The quantitative estimate of drug-likeness (QED) is 0.940. The number of likely N-dealkylation sites (tertiary alicyclic amines) is 1. The second kappa shape index (κ2) is 7.11. The number of nitrogens with one attached hydrogen (secondary N) is 1. The van der Waals surface area contributed by atoms with E-state index in [1.54, 1.807) is 12.4 Å². The van der Waals surface area contributed by atoms with Gasteiger partial charge in [-0.25, -0.2) is 0 Å². The van der Waals surface area contributed by atoms with E-state index in [9.17, 15) is 4.79 Å². The highest BCUT2D eigenvalue weighted by atomic mass is 35.5. The molecule has 120 valence electrons. The predicted molar refractivity (Wildman–Crippen MR) is 92.7 cm³/mol. The molecule has 1 fully saturated rings. The Morgan fingerprint density at radius 1 is 1.26 bits per heavy atom. The van der Waals surface area contributed by atoms with Gasteiger partial charge in [-0.15, -0.1) is 0 Å². The normalized spacial score (nSPS) is 18.0. The van der Waals surface area contributed by atoms with E-state index >= 15 is 0 Å². The molecule has 1 saturated heterocycles. The van der Waals surface area contributed by atoms with Crippen LogP contribution in [0.1, 0.15) is 23.2 Å². The van der Waals surface area contributed by atoms with Crippen LogP contribution in [0.3, 0.4) is 0 Å². The highest BCUT2D eigenvalue weighted by Gasteiger charge is 2.23. The van der Waals surface area contributed by atoms with Crippen molar-refractivity contribution in [1.29, 1.82) is 0 Å². The molecule has 1 unspecified atom stereocenters. The predicted octanol–water partition coefficient (Wildman–Crippen LogP) is 3.23. The molecule has 0 aliphatic carbocycles. The zero-order valence-corrected chi connectivity index (χ0v) is 13.9. The summed E-state index contributed by atoms with van der Waals surface area (Å²) in [5.41, 5.74) is 2.56. The van der Waals surface area contributed by atoms with Crippen molar-refractivity contribution in [3.8, 4) is 11.1 Å². The monoisotopic (exact) mass is 329 g/mol. The summed E-state index contributed by atoms with van der Waals surface area (Å²) in [7, 11) is 1.95. The summed E-state index contributed by atoms with van der Waals surface area (Å²) >= 11 is 5.93. The van der Waals surface area contributed by atoms with Crippen molar-refractivity contribution in [2.45, 2.75) is 18.9 Å². The number of amides is 1. The van der Waals surface area contributed by atoms with E-state index in [4.69, 9.17) is 11.6 Å². The lowest BCUT2D eigenvalue weighted by Gasteiger charge is -2.32. The highest BCUT2D eigenvalue weighted by molar-refractivity contribution is 6.30. The van der Waals surface area contributed by atoms with Crippen LogP contribution in [-0.2, 0) is 0 Å². The van der Waals surface area contributed by atoms with Crippen molar-refractivity contribution in [3.05, 3.63) is 53.3 Å². The number of aromatic nitrogens is 1. The van der Waals surface area contributed by atoms with Crippen LogP contribution in [0.2, 0.25) is 5.02 Å². The van der Waals surface area contributed by atoms with E-state index in [-0.39, 0.29) is 5.91 Å². The number of hydrogen-bond acceptors (Lipinski definition) is 3. The van der Waals surface area contributed by atoms with Crippen LogP contribution in [0, 0.1) is 0 Å². The smallest absolute Gasteiger partial charge is 0.255 e. The Kier molecular flexibility index (Phi) is 4.94. The van der Waals surface area contributed by atoms with Crippen molar-refractivity contribution < 1.29 is 4.79 Å². The number of likely N-dealkylation sites (N-methyl/N-ethyl adjacent to an activating group) is 1. The van der Waals surface area contributed by atoms with Gasteiger partial charge in [-0.3, -0.25) is 9.78 Å². The Labute approximate surface area is 141 Å². The largest absolute Gasteiger partial charge is 0.337 e. The van der Waals surface area contributed by atoms with Gasteiger partial charge in [0.2, 0.25) is 0 Å². The zero-order chi connectivity index (χ0) is 16.2. The fraction of sp³-hybridized carbons (Fsp3) is 0.333. The standard InChI is InChI=1S/C18H20ClN3O/c1-20-17-3-2-8-22(12-17)18(23)15-9-14(10-21-11-15)13-4-6-16(19)7-5-13/h4-7,9-11,17,20H,2-3,8,12H2,1H3. The first-order valence-corrected chi connectivity index (χ1v) is 8.22. The summed E-state index contributed by atoms with van der Waals surface area (Å²) in [6.45, 7) is 1.56. The molecule has 0 saturated carbocycles. The summed E-state index contributed by atoms with van der Waals surface area (Å²) in [5, 5.41) is 3.96. The van der Waals surface area contributed by atoms with E-state index in [0.29, 0.717) is 16.6 Å². The third kappa shape index (κ3) is 3.71. The summed E-state index contributed by atoms with van der Waals surface area (Å²) in [6.07, 6.45) is 5.56. The van der Waals surface area contributed by atoms with Crippen molar-refractivity contribution >= 4 is 17.5 Å². The zero-order valence-electron chi connectivity index (χ0n) is 13.1. The van der Waals surface area contributed by atoms with Crippen LogP contribution >= 0.6 is 11.6 Å². The number of hydrogen-bond donors (Lipinski definition) is 1. The molecule has 1 atom stereocenters. The first kappa shape index (κ1) is 16.0. The summed E-state index contributed by atoms with van der Waals surface area (Å²) in [6, 6.07) is 9.83. The molecular weight excluding hydrogens is 310 g/mol. The maximum absolute atomic E-state index is 12.7. The van der Waals surface area contributed by atoms with E-state index in [1.807, 2.05) is 42.3 Å². The number of benzene rings is 1.